The number of thiazole rings is 1. The minimum absolute atomic E-state index is 0.0511. The molecule has 2 aromatic heterocycles. The number of nitrogens with zero attached hydrogens (tertiary/aromatic N) is 1. The van der Waals surface area contributed by atoms with Gasteiger partial charge in [-0.1, -0.05) is 0 Å². The number of aromatic nitrogens is 2. The van der Waals surface area contributed by atoms with Gasteiger partial charge in [-0.25, -0.2) is 4.98 Å². The van der Waals surface area contributed by atoms with E-state index in [9.17, 15) is 4.79 Å². The van der Waals surface area contributed by atoms with Gasteiger partial charge in [0.15, 0.2) is 5.78 Å². The summed E-state index contributed by atoms with van der Waals surface area (Å²) in [5.74, 6) is 0.0511. The van der Waals surface area contributed by atoms with Gasteiger partial charge >= 0.3 is 0 Å². The van der Waals surface area contributed by atoms with Gasteiger partial charge in [-0.3, -0.25) is 4.79 Å². The first-order chi connectivity index (χ1) is 5.27. The summed E-state index contributed by atoms with van der Waals surface area (Å²) in [5.41, 5.74) is 3.27. The second-order valence-electron chi connectivity index (χ2n) is 2.31. The zero-order valence-corrected chi connectivity index (χ0v) is 6.73. The van der Waals surface area contributed by atoms with Gasteiger partial charge in [-0.15, -0.1) is 11.3 Å². The lowest BCUT2D eigenvalue weighted by Gasteiger charge is -1.83. The Morgan fingerprint density at radius 1 is 1.73 bits per heavy atom. The molecule has 0 spiro atoms. The molecule has 0 aromatic carbocycles. The minimum Gasteiger partial charge on any atom is -0.342 e. The fraction of sp³-hybridized carbons (Fsp3) is 0.143. The van der Waals surface area contributed by atoms with Gasteiger partial charge in [0, 0.05) is 6.92 Å². The third-order valence-corrected chi connectivity index (χ3v) is 2.26. The Balaban J connectivity index is 2.67. The molecule has 0 aliphatic heterocycles. The van der Waals surface area contributed by atoms with Crippen molar-refractivity contribution in [2.75, 3.05) is 0 Å². The normalized spacial score (nSPS) is 10.6. The molecule has 0 unspecified atom stereocenters. The lowest BCUT2D eigenvalue weighted by molar-refractivity contribution is 0.101. The molecular weight excluding hydrogens is 160 g/mol. The van der Waals surface area contributed by atoms with Crippen LogP contribution in [-0.4, -0.2) is 15.8 Å². The fourth-order valence-corrected chi connectivity index (χ4v) is 1.61. The number of rotatable bonds is 1. The predicted molar refractivity (Wildman–Crippen MR) is 44.0 cm³/mol. The van der Waals surface area contributed by atoms with Crippen LogP contribution < -0.4 is 0 Å². The van der Waals surface area contributed by atoms with Gasteiger partial charge in [-0.2, -0.15) is 0 Å². The van der Waals surface area contributed by atoms with Crippen LogP contribution >= 0.6 is 11.3 Å². The van der Waals surface area contributed by atoms with E-state index in [2.05, 4.69) is 9.97 Å². The summed E-state index contributed by atoms with van der Waals surface area (Å²) >= 11 is 1.51. The number of Topliss-reactive ketones (excluding diaryl/α,β-unsaturated/α-hetero) is 1. The van der Waals surface area contributed by atoms with E-state index in [0.717, 1.165) is 10.3 Å². The van der Waals surface area contributed by atoms with Gasteiger partial charge in [0.25, 0.3) is 0 Å². The molecule has 0 saturated carbocycles. The van der Waals surface area contributed by atoms with Crippen LogP contribution in [0.1, 0.15) is 17.4 Å². The second-order valence-corrected chi connectivity index (χ2v) is 3.16. The SMILES string of the molecule is CC(=O)c1cc2ncsc2[nH]1. The lowest BCUT2D eigenvalue weighted by Crippen LogP contribution is -1.89. The van der Waals surface area contributed by atoms with E-state index in [-0.39, 0.29) is 5.78 Å². The van der Waals surface area contributed by atoms with Gasteiger partial charge in [0.05, 0.1) is 11.2 Å². The van der Waals surface area contributed by atoms with Crippen LogP contribution in [-0.2, 0) is 0 Å². The molecule has 3 nitrogen and oxygen atoms in total. The summed E-state index contributed by atoms with van der Waals surface area (Å²) in [6.07, 6.45) is 0. The zero-order chi connectivity index (χ0) is 7.84. The Bertz CT molecular complexity index is 373. The Hall–Kier alpha value is -1.16. The van der Waals surface area contributed by atoms with E-state index in [1.807, 2.05) is 0 Å². The smallest absolute Gasteiger partial charge is 0.176 e. The van der Waals surface area contributed by atoms with Gasteiger partial charge in [0.2, 0.25) is 0 Å². The van der Waals surface area contributed by atoms with E-state index < -0.39 is 0 Å². The van der Waals surface area contributed by atoms with Crippen LogP contribution in [0, 0.1) is 0 Å². The topological polar surface area (TPSA) is 45.8 Å². The molecule has 56 valence electrons. The first kappa shape index (κ1) is 6.54. The van der Waals surface area contributed by atoms with Crippen LogP contribution in [0.25, 0.3) is 10.3 Å². The summed E-state index contributed by atoms with van der Waals surface area (Å²) in [6, 6.07) is 1.77. The summed E-state index contributed by atoms with van der Waals surface area (Å²) in [6.45, 7) is 1.54. The molecule has 0 amide bonds. The predicted octanol–water partition coefficient (Wildman–Crippen LogP) is 1.83. The van der Waals surface area contributed by atoms with Crippen molar-refractivity contribution < 1.29 is 4.79 Å². The van der Waals surface area contributed by atoms with Crippen molar-refractivity contribution in [3.63, 3.8) is 0 Å². The fourth-order valence-electron chi connectivity index (χ4n) is 0.936. The number of nitrogens with one attached hydrogen (secondary N) is 1. The first-order valence-corrected chi connectivity index (χ1v) is 4.08. The van der Waals surface area contributed by atoms with Crippen LogP contribution in [0.5, 0.6) is 0 Å². The summed E-state index contributed by atoms with van der Waals surface area (Å²) in [7, 11) is 0. The monoisotopic (exact) mass is 166 g/mol. The van der Waals surface area contributed by atoms with Crippen molar-refractivity contribution in [2.24, 2.45) is 0 Å². The van der Waals surface area contributed by atoms with E-state index in [4.69, 9.17) is 0 Å². The molecule has 2 heterocycles. The number of fused-ring (bicyclic) bond motifs is 1. The summed E-state index contributed by atoms with van der Waals surface area (Å²) in [5, 5.41) is 0. The number of carbonyl (C=O) groups excluding carboxylic acids is 1. The molecule has 0 radical (unpaired) electrons. The third kappa shape index (κ3) is 0.952. The molecule has 0 bridgehead atoms. The Morgan fingerprint density at radius 2 is 2.55 bits per heavy atom. The second kappa shape index (κ2) is 2.17. The van der Waals surface area contributed by atoms with Gasteiger partial charge < -0.3 is 4.98 Å². The third-order valence-electron chi connectivity index (χ3n) is 1.50. The molecule has 2 rings (SSSR count). The molecule has 11 heavy (non-hydrogen) atoms. The van der Waals surface area contributed by atoms with Crippen molar-refractivity contribution in [3.05, 3.63) is 17.3 Å². The maximum absolute atomic E-state index is 10.9. The number of hydrogen-bond acceptors (Lipinski definition) is 3. The molecule has 0 saturated heterocycles. The van der Waals surface area contributed by atoms with Crippen LogP contribution in [0.3, 0.4) is 0 Å². The quantitative estimate of drug-likeness (QED) is 0.657. The van der Waals surface area contributed by atoms with E-state index >= 15 is 0 Å². The molecule has 4 heteroatoms. The number of carbonyl (C=O) groups is 1. The number of H-pyrrole nitrogens is 1. The highest BCUT2D eigenvalue weighted by atomic mass is 32.1. The Labute approximate surface area is 67.1 Å². The van der Waals surface area contributed by atoms with Crippen molar-refractivity contribution in [3.8, 4) is 0 Å². The molecule has 1 N–H and O–H groups in total. The Kier molecular flexibility index (Phi) is 1.29. The van der Waals surface area contributed by atoms with Gasteiger partial charge in [-0.05, 0) is 6.07 Å². The molecule has 0 aliphatic carbocycles. The average Bonchev–Trinajstić information content (AvgIpc) is 2.40. The number of hydrogen-bond donors (Lipinski definition) is 1. The Morgan fingerprint density at radius 3 is 3.18 bits per heavy atom. The van der Waals surface area contributed by atoms with Crippen molar-refractivity contribution in [2.45, 2.75) is 6.92 Å². The number of ketones is 1. The van der Waals surface area contributed by atoms with Crippen LogP contribution in [0.4, 0.5) is 0 Å². The van der Waals surface area contributed by atoms with E-state index in [0.29, 0.717) is 5.69 Å². The summed E-state index contributed by atoms with van der Waals surface area (Å²) in [4.78, 5) is 18.9. The van der Waals surface area contributed by atoms with Crippen molar-refractivity contribution in [1.82, 2.24) is 9.97 Å². The maximum atomic E-state index is 10.9. The minimum atomic E-state index is 0.0511. The highest BCUT2D eigenvalue weighted by molar-refractivity contribution is 7.16. The molecule has 0 fully saturated rings. The largest absolute Gasteiger partial charge is 0.342 e. The summed E-state index contributed by atoms with van der Waals surface area (Å²) < 4.78 is 0. The zero-order valence-electron chi connectivity index (χ0n) is 5.92. The van der Waals surface area contributed by atoms with Gasteiger partial charge in [0.1, 0.15) is 10.3 Å². The first-order valence-electron chi connectivity index (χ1n) is 3.20. The number of aromatic amines is 1. The molecule has 2 aromatic rings. The highest BCUT2D eigenvalue weighted by Gasteiger charge is 2.05. The maximum Gasteiger partial charge on any atom is 0.176 e. The van der Waals surface area contributed by atoms with Crippen molar-refractivity contribution >= 4 is 27.5 Å². The van der Waals surface area contributed by atoms with Crippen LogP contribution in [0.2, 0.25) is 0 Å². The van der Waals surface area contributed by atoms with Crippen LogP contribution in [0.15, 0.2) is 11.6 Å². The van der Waals surface area contributed by atoms with E-state index in [1.165, 1.54) is 18.3 Å². The van der Waals surface area contributed by atoms with E-state index in [1.54, 1.807) is 11.6 Å². The standard InChI is InChI=1S/C7H6N2OS/c1-4(10)5-2-6-7(9-5)11-3-8-6/h2-3,9H,1H3. The average molecular weight is 166 g/mol. The highest BCUT2D eigenvalue weighted by Crippen LogP contribution is 2.17. The molecule has 0 aliphatic rings. The van der Waals surface area contributed by atoms with Crippen molar-refractivity contribution in [1.29, 1.82) is 0 Å². The lowest BCUT2D eigenvalue weighted by atomic mass is 10.3. The molecular formula is C7H6N2OS. The molecule has 0 atom stereocenters.